The van der Waals surface area contributed by atoms with Crippen molar-refractivity contribution in [2.24, 2.45) is 11.8 Å². The van der Waals surface area contributed by atoms with Gasteiger partial charge in [-0.3, -0.25) is 15.0 Å². The zero-order chi connectivity index (χ0) is 24.0. The number of halogens is 4. The molecular weight excluding hydrogens is 456 g/mol. The summed E-state index contributed by atoms with van der Waals surface area (Å²) in [5, 5.41) is 6.78. The summed E-state index contributed by atoms with van der Waals surface area (Å²) in [4.78, 5) is 26.6. The van der Waals surface area contributed by atoms with Gasteiger partial charge in [-0.05, 0) is 42.9 Å². The number of nitrogens with zero attached hydrogens (tertiary/aromatic N) is 4. The Morgan fingerprint density at radius 3 is 2.74 bits per heavy atom. The molecule has 1 saturated heterocycles. The van der Waals surface area contributed by atoms with Gasteiger partial charge in [0.25, 0.3) is 5.91 Å². The van der Waals surface area contributed by atoms with Gasteiger partial charge in [-0.1, -0.05) is 18.9 Å². The van der Waals surface area contributed by atoms with E-state index in [0.717, 1.165) is 35.8 Å². The van der Waals surface area contributed by atoms with Gasteiger partial charge < -0.3 is 9.47 Å². The van der Waals surface area contributed by atoms with Crippen LogP contribution in [0.1, 0.15) is 53.3 Å². The van der Waals surface area contributed by atoms with Gasteiger partial charge in [-0.15, -0.1) is 10.2 Å². The van der Waals surface area contributed by atoms with Gasteiger partial charge in [0.05, 0.1) is 12.1 Å². The summed E-state index contributed by atoms with van der Waals surface area (Å²) in [6.07, 6.45) is -0.290. The number of rotatable bonds is 3. The van der Waals surface area contributed by atoms with Crippen LogP contribution in [0.15, 0.2) is 18.2 Å². The first-order valence-electron chi connectivity index (χ1n) is 11.3. The zero-order valence-corrected chi connectivity index (χ0v) is 18.2. The average Bonchev–Trinajstić information content (AvgIpc) is 3.26. The lowest BCUT2D eigenvalue weighted by molar-refractivity contribution is -0.147. The fourth-order valence-electron chi connectivity index (χ4n) is 5.36. The van der Waals surface area contributed by atoms with Crippen molar-refractivity contribution in [3.8, 4) is 0 Å². The maximum Gasteiger partial charge on any atom is 0.451 e. The first-order chi connectivity index (χ1) is 16.2. The SMILES string of the molecule is O=C1NNC(Cc2ccc(F)c(C(=O)N3CCn4c(nnc4C(F)(F)F)C3)c2)C2CCCCC12. The molecule has 2 aliphatic heterocycles. The van der Waals surface area contributed by atoms with E-state index in [1.165, 1.54) is 17.0 Å². The van der Waals surface area contributed by atoms with Crippen molar-refractivity contribution >= 4 is 11.8 Å². The highest BCUT2D eigenvalue weighted by atomic mass is 19.4. The molecule has 12 heteroatoms. The minimum atomic E-state index is -4.64. The van der Waals surface area contributed by atoms with E-state index in [4.69, 9.17) is 0 Å². The number of hydrogen-bond donors (Lipinski definition) is 2. The number of benzene rings is 1. The van der Waals surface area contributed by atoms with Crippen molar-refractivity contribution in [1.82, 2.24) is 30.5 Å². The maximum atomic E-state index is 14.6. The van der Waals surface area contributed by atoms with Crippen molar-refractivity contribution in [3.05, 3.63) is 46.8 Å². The molecule has 3 atom stereocenters. The Morgan fingerprint density at radius 2 is 1.94 bits per heavy atom. The van der Waals surface area contributed by atoms with Gasteiger partial charge >= 0.3 is 6.18 Å². The molecule has 3 aliphatic rings. The van der Waals surface area contributed by atoms with Gasteiger partial charge in [0.1, 0.15) is 5.82 Å². The summed E-state index contributed by atoms with van der Waals surface area (Å²) in [5.74, 6) is -2.27. The molecule has 0 bridgehead atoms. The van der Waals surface area contributed by atoms with Crippen LogP contribution in [0.25, 0.3) is 0 Å². The third kappa shape index (κ3) is 4.15. The number of amides is 2. The predicted molar refractivity (Wildman–Crippen MR) is 110 cm³/mol. The van der Waals surface area contributed by atoms with Crippen molar-refractivity contribution < 1.29 is 27.2 Å². The molecular formula is C22H24F4N6O2. The molecule has 1 aromatic carbocycles. The van der Waals surface area contributed by atoms with Crippen molar-refractivity contribution in [1.29, 1.82) is 0 Å². The van der Waals surface area contributed by atoms with Crippen LogP contribution in [0.4, 0.5) is 17.6 Å². The number of alkyl halides is 3. The molecule has 8 nitrogen and oxygen atoms in total. The van der Waals surface area contributed by atoms with Crippen LogP contribution in [-0.2, 0) is 30.5 Å². The molecule has 2 amide bonds. The van der Waals surface area contributed by atoms with Crippen LogP contribution >= 0.6 is 0 Å². The standard InChI is InChI=1S/C22H24F4N6O2/c23-16-6-5-12(10-17-13-3-1-2-4-14(13)19(33)29-27-17)9-15(16)20(34)31-7-8-32-18(11-31)28-30-21(32)22(24,25)26/h5-6,9,13-14,17,27H,1-4,7-8,10-11H2,(H,29,33). The van der Waals surface area contributed by atoms with E-state index in [2.05, 4.69) is 21.0 Å². The van der Waals surface area contributed by atoms with Crippen molar-refractivity contribution in [2.75, 3.05) is 6.54 Å². The number of fused-ring (bicyclic) bond motifs is 2. The molecule has 5 rings (SSSR count). The lowest BCUT2D eigenvalue weighted by atomic mass is 9.72. The summed E-state index contributed by atoms with van der Waals surface area (Å²) in [5.41, 5.74) is 6.41. The predicted octanol–water partition coefficient (Wildman–Crippen LogP) is 2.44. The van der Waals surface area contributed by atoms with Crippen LogP contribution in [0.3, 0.4) is 0 Å². The highest BCUT2D eigenvalue weighted by Crippen LogP contribution is 2.35. The Labute approximate surface area is 192 Å². The van der Waals surface area contributed by atoms with E-state index in [1.807, 2.05) is 0 Å². The number of carbonyl (C=O) groups excluding carboxylic acids is 2. The second-order valence-corrected chi connectivity index (χ2v) is 9.13. The third-order valence-corrected chi connectivity index (χ3v) is 7.06. The first-order valence-corrected chi connectivity index (χ1v) is 11.3. The Balaban J connectivity index is 1.32. The Morgan fingerprint density at radius 1 is 1.15 bits per heavy atom. The van der Waals surface area contributed by atoms with Crippen LogP contribution in [0.2, 0.25) is 0 Å². The van der Waals surface area contributed by atoms with E-state index in [-0.39, 0.29) is 54.8 Å². The smallest absolute Gasteiger partial charge is 0.329 e. The topological polar surface area (TPSA) is 92.2 Å². The number of aromatic nitrogens is 3. The summed E-state index contributed by atoms with van der Waals surface area (Å²) >= 11 is 0. The lowest BCUT2D eigenvalue weighted by Gasteiger charge is -2.41. The van der Waals surface area contributed by atoms with Crippen LogP contribution < -0.4 is 10.9 Å². The molecule has 34 heavy (non-hydrogen) atoms. The Hall–Kier alpha value is -3.02. The summed E-state index contributed by atoms with van der Waals surface area (Å²) in [7, 11) is 0. The van der Waals surface area contributed by atoms with E-state index < -0.39 is 23.7 Å². The molecule has 1 saturated carbocycles. The molecule has 1 aliphatic carbocycles. The first kappa shape index (κ1) is 22.8. The maximum absolute atomic E-state index is 14.6. The van der Waals surface area contributed by atoms with Gasteiger partial charge in [0.2, 0.25) is 11.7 Å². The van der Waals surface area contributed by atoms with Crippen molar-refractivity contribution in [2.45, 2.75) is 57.4 Å². The number of hydrazine groups is 1. The second-order valence-electron chi connectivity index (χ2n) is 9.13. The third-order valence-electron chi connectivity index (χ3n) is 7.06. The Bertz CT molecular complexity index is 1120. The number of carbonyl (C=O) groups is 2. The largest absolute Gasteiger partial charge is 0.451 e. The van der Waals surface area contributed by atoms with E-state index >= 15 is 0 Å². The zero-order valence-electron chi connectivity index (χ0n) is 18.2. The molecule has 2 N–H and O–H groups in total. The van der Waals surface area contributed by atoms with E-state index in [1.54, 1.807) is 6.07 Å². The molecule has 1 aromatic heterocycles. The fourth-order valence-corrected chi connectivity index (χ4v) is 5.36. The summed E-state index contributed by atoms with van der Waals surface area (Å²) in [6.45, 7) is -0.332. The minimum absolute atomic E-state index is 0.00236. The molecule has 2 aromatic rings. The van der Waals surface area contributed by atoms with Gasteiger partial charge in [0.15, 0.2) is 5.82 Å². The second kappa shape index (κ2) is 8.64. The molecule has 0 radical (unpaired) electrons. The van der Waals surface area contributed by atoms with Crippen LogP contribution in [0.5, 0.6) is 0 Å². The van der Waals surface area contributed by atoms with Gasteiger partial charge in [0, 0.05) is 25.0 Å². The molecule has 0 spiro atoms. The summed E-state index contributed by atoms with van der Waals surface area (Å²) in [6, 6.07) is 4.31. The van der Waals surface area contributed by atoms with Crippen LogP contribution in [-0.4, -0.2) is 44.1 Å². The molecule has 2 fully saturated rings. The molecule has 182 valence electrons. The van der Waals surface area contributed by atoms with Gasteiger partial charge in [-0.25, -0.2) is 9.82 Å². The summed E-state index contributed by atoms with van der Waals surface area (Å²) < 4.78 is 54.8. The quantitative estimate of drug-likeness (QED) is 0.659. The molecule has 3 unspecified atom stereocenters. The number of hydrogen-bond acceptors (Lipinski definition) is 5. The fraction of sp³-hybridized carbons (Fsp3) is 0.545. The van der Waals surface area contributed by atoms with Gasteiger partial charge in [-0.2, -0.15) is 13.2 Å². The molecule has 3 heterocycles. The average molecular weight is 480 g/mol. The normalized spacial score (nSPS) is 24.9. The lowest BCUT2D eigenvalue weighted by Crippen LogP contribution is -2.60. The highest BCUT2D eigenvalue weighted by molar-refractivity contribution is 5.94. The Kier molecular flexibility index (Phi) is 5.78. The minimum Gasteiger partial charge on any atom is -0.329 e. The highest BCUT2D eigenvalue weighted by Gasteiger charge is 2.41. The van der Waals surface area contributed by atoms with E-state index in [0.29, 0.717) is 6.42 Å². The monoisotopic (exact) mass is 480 g/mol. The van der Waals surface area contributed by atoms with Crippen molar-refractivity contribution in [3.63, 3.8) is 0 Å². The van der Waals surface area contributed by atoms with E-state index in [9.17, 15) is 27.2 Å². The van der Waals surface area contributed by atoms with Crippen LogP contribution in [0, 0.1) is 17.7 Å². The number of nitrogens with one attached hydrogen (secondary N) is 2.